The van der Waals surface area contributed by atoms with E-state index in [9.17, 15) is 10.2 Å². The van der Waals surface area contributed by atoms with Crippen molar-refractivity contribution < 1.29 is 10.2 Å². The molecule has 2 aromatic rings. The first-order valence-corrected chi connectivity index (χ1v) is 7.75. The third-order valence-corrected chi connectivity index (χ3v) is 4.28. The summed E-state index contributed by atoms with van der Waals surface area (Å²) in [6.45, 7) is 0. The molecule has 2 aromatic carbocycles. The summed E-state index contributed by atoms with van der Waals surface area (Å²) in [6.07, 6.45) is 0.204. The number of phenols is 1. The molecule has 0 saturated carbocycles. The molecule has 0 aliphatic rings. The summed E-state index contributed by atoms with van der Waals surface area (Å²) in [5, 5.41) is 19.2. The summed E-state index contributed by atoms with van der Waals surface area (Å²) >= 11 is 5.07. The van der Waals surface area contributed by atoms with Crippen LogP contribution in [-0.2, 0) is 6.42 Å². The maximum Gasteiger partial charge on any atom is 0.115 e. The zero-order chi connectivity index (χ0) is 13.7. The SMILES string of the molecule is Oc1ccc(CC(O)CSc2cccc(Br)c2)cc1. The van der Waals surface area contributed by atoms with Crippen LogP contribution in [0.4, 0.5) is 0 Å². The van der Waals surface area contributed by atoms with Gasteiger partial charge in [-0.2, -0.15) is 0 Å². The van der Waals surface area contributed by atoms with Gasteiger partial charge in [-0.05, 0) is 42.3 Å². The molecule has 0 spiro atoms. The van der Waals surface area contributed by atoms with Crippen LogP contribution in [0.2, 0.25) is 0 Å². The summed E-state index contributed by atoms with van der Waals surface area (Å²) in [7, 11) is 0. The normalized spacial score (nSPS) is 12.3. The Bertz CT molecular complexity index is 528. The van der Waals surface area contributed by atoms with Crippen molar-refractivity contribution in [2.45, 2.75) is 17.4 Å². The van der Waals surface area contributed by atoms with Gasteiger partial charge in [0.2, 0.25) is 0 Å². The minimum Gasteiger partial charge on any atom is -0.508 e. The molecule has 2 rings (SSSR count). The summed E-state index contributed by atoms with van der Waals surface area (Å²) in [5.41, 5.74) is 1.03. The number of hydrogen-bond acceptors (Lipinski definition) is 3. The van der Waals surface area contributed by atoms with Crippen molar-refractivity contribution in [3.05, 3.63) is 58.6 Å². The molecule has 100 valence electrons. The highest BCUT2D eigenvalue weighted by Gasteiger charge is 2.07. The molecule has 0 saturated heterocycles. The van der Waals surface area contributed by atoms with Crippen molar-refractivity contribution in [2.24, 2.45) is 0 Å². The highest BCUT2D eigenvalue weighted by Crippen LogP contribution is 2.23. The lowest BCUT2D eigenvalue weighted by atomic mass is 10.1. The van der Waals surface area contributed by atoms with Gasteiger partial charge in [-0.3, -0.25) is 0 Å². The number of aliphatic hydroxyl groups excluding tert-OH is 1. The van der Waals surface area contributed by atoms with Crippen molar-refractivity contribution >= 4 is 27.7 Å². The topological polar surface area (TPSA) is 40.5 Å². The molecule has 0 bridgehead atoms. The second-order valence-electron chi connectivity index (χ2n) is 4.29. The molecule has 0 amide bonds. The Kier molecular flexibility index (Phi) is 5.31. The molecule has 4 heteroatoms. The van der Waals surface area contributed by atoms with E-state index in [4.69, 9.17) is 0 Å². The highest BCUT2D eigenvalue weighted by atomic mass is 79.9. The maximum atomic E-state index is 10.0. The maximum absolute atomic E-state index is 10.0. The van der Waals surface area contributed by atoms with Gasteiger partial charge in [0.25, 0.3) is 0 Å². The molecule has 1 unspecified atom stereocenters. The summed E-state index contributed by atoms with van der Waals surface area (Å²) in [5.74, 6) is 0.902. The van der Waals surface area contributed by atoms with Crippen LogP contribution < -0.4 is 0 Å². The fourth-order valence-corrected chi connectivity index (χ4v) is 3.15. The van der Waals surface area contributed by atoms with E-state index in [2.05, 4.69) is 15.9 Å². The molecule has 2 nitrogen and oxygen atoms in total. The van der Waals surface area contributed by atoms with Crippen LogP contribution in [0.5, 0.6) is 5.75 Å². The van der Waals surface area contributed by atoms with Crippen molar-refractivity contribution in [3.8, 4) is 5.75 Å². The van der Waals surface area contributed by atoms with Crippen molar-refractivity contribution in [1.29, 1.82) is 0 Å². The molecule has 0 aliphatic carbocycles. The number of rotatable bonds is 5. The van der Waals surface area contributed by atoms with Gasteiger partial charge < -0.3 is 10.2 Å². The van der Waals surface area contributed by atoms with E-state index in [-0.39, 0.29) is 5.75 Å². The highest BCUT2D eigenvalue weighted by molar-refractivity contribution is 9.10. The van der Waals surface area contributed by atoms with Gasteiger partial charge in [-0.1, -0.05) is 34.1 Å². The number of benzene rings is 2. The molecule has 0 radical (unpaired) electrons. The zero-order valence-corrected chi connectivity index (χ0v) is 12.7. The smallest absolute Gasteiger partial charge is 0.115 e. The van der Waals surface area contributed by atoms with E-state index in [0.29, 0.717) is 12.2 Å². The Balaban J connectivity index is 1.84. The molecule has 19 heavy (non-hydrogen) atoms. The van der Waals surface area contributed by atoms with Gasteiger partial charge in [0, 0.05) is 15.1 Å². The minimum absolute atomic E-state index is 0.252. The predicted octanol–water partition coefficient (Wildman–Crippen LogP) is 3.85. The Morgan fingerprint density at radius 3 is 2.53 bits per heavy atom. The lowest BCUT2D eigenvalue weighted by molar-refractivity contribution is 0.200. The van der Waals surface area contributed by atoms with Crippen LogP contribution in [0.3, 0.4) is 0 Å². The molecule has 0 aromatic heterocycles. The summed E-state index contributed by atoms with van der Waals surface area (Å²) in [4.78, 5) is 1.14. The van der Waals surface area contributed by atoms with Crippen molar-refractivity contribution in [2.75, 3.05) is 5.75 Å². The first-order valence-electron chi connectivity index (χ1n) is 5.98. The number of hydrogen-bond donors (Lipinski definition) is 2. The second kappa shape index (κ2) is 6.98. The minimum atomic E-state index is -0.395. The average Bonchev–Trinajstić information content (AvgIpc) is 2.39. The molecule has 1 atom stereocenters. The second-order valence-corrected chi connectivity index (χ2v) is 6.30. The largest absolute Gasteiger partial charge is 0.508 e. The van der Waals surface area contributed by atoms with Gasteiger partial charge in [0.1, 0.15) is 5.75 Å². The van der Waals surface area contributed by atoms with E-state index >= 15 is 0 Å². The summed E-state index contributed by atoms with van der Waals surface area (Å²) < 4.78 is 1.05. The average molecular weight is 339 g/mol. The Hall–Kier alpha value is -0.970. The lowest BCUT2D eigenvalue weighted by Gasteiger charge is -2.10. The zero-order valence-electron chi connectivity index (χ0n) is 10.3. The fourth-order valence-electron chi connectivity index (χ4n) is 1.71. The van der Waals surface area contributed by atoms with Gasteiger partial charge in [0.05, 0.1) is 6.10 Å². The number of aliphatic hydroxyl groups is 1. The van der Waals surface area contributed by atoms with Gasteiger partial charge in [0.15, 0.2) is 0 Å². The number of halogens is 1. The Labute approximate surface area is 125 Å². The first-order chi connectivity index (χ1) is 9.13. The van der Waals surface area contributed by atoms with E-state index in [1.807, 2.05) is 36.4 Å². The van der Waals surface area contributed by atoms with Crippen LogP contribution in [0.15, 0.2) is 57.9 Å². The van der Waals surface area contributed by atoms with Crippen LogP contribution in [0.25, 0.3) is 0 Å². The van der Waals surface area contributed by atoms with Crippen molar-refractivity contribution in [1.82, 2.24) is 0 Å². The predicted molar refractivity (Wildman–Crippen MR) is 82.7 cm³/mol. The third kappa shape index (κ3) is 4.90. The van der Waals surface area contributed by atoms with Gasteiger partial charge >= 0.3 is 0 Å². The third-order valence-electron chi connectivity index (χ3n) is 2.65. The summed E-state index contributed by atoms with van der Waals surface area (Å²) in [6, 6.07) is 15.0. The van der Waals surface area contributed by atoms with Gasteiger partial charge in [-0.25, -0.2) is 0 Å². The molecular weight excluding hydrogens is 324 g/mol. The van der Waals surface area contributed by atoms with Gasteiger partial charge in [-0.15, -0.1) is 11.8 Å². The number of phenolic OH excluding ortho intramolecular Hbond substituents is 1. The molecule has 0 heterocycles. The van der Waals surface area contributed by atoms with Crippen LogP contribution in [-0.4, -0.2) is 22.1 Å². The Morgan fingerprint density at radius 2 is 1.84 bits per heavy atom. The van der Waals surface area contributed by atoms with E-state index in [1.165, 1.54) is 0 Å². The van der Waals surface area contributed by atoms with E-state index < -0.39 is 6.10 Å². The van der Waals surface area contributed by atoms with Crippen LogP contribution >= 0.6 is 27.7 Å². The molecule has 2 N–H and O–H groups in total. The quantitative estimate of drug-likeness (QED) is 0.813. The van der Waals surface area contributed by atoms with Crippen LogP contribution in [0.1, 0.15) is 5.56 Å². The molecule has 0 fully saturated rings. The molecular formula is C15H15BrO2S. The van der Waals surface area contributed by atoms with Crippen LogP contribution in [0, 0.1) is 0 Å². The standard InChI is InChI=1S/C15H15BrO2S/c16-12-2-1-3-15(9-12)19-10-14(18)8-11-4-6-13(17)7-5-11/h1-7,9,14,17-18H,8,10H2. The monoisotopic (exact) mass is 338 g/mol. The first kappa shape index (κ1) is 14.4. The number of thioether (sulfide) groups is 1. The lowest BCUT2D eigenvalue weighted by Crippen LogP contribution is -2.13. The van der Waals surface area contributed by atoms with Crippen molar-refractivity contribution in [3.63, 3.8) is 0 Å². The number of aromatic hydroxyl groups is 1. The van der Waals surface area contributed by atoms with E-state index in [0.717, 1.165) is 14.9 Å². The Morgan fingerprint density at radius 1 is 1.11 bits per heavy atom. The fraction of sp³-hybridized carbons (Fsp3) is 0.200. The van der Waals surface area contributed by atoms with E-state index in [1.54, 1.807) is 23.9 Å². The molecule has 0 aliphatic heterocycles.